The molecule has 142 valence electrons. The first kappa shape index (κ1) is 19.0. The molecule has 27 heavy (non-hydrogen) atoms. The lowest BCUT2D eigenvalue weighted by Gasteiger charge is -2.06. The number of aryl methyl sites for hydroxylation is 1. The van der Waals surface area contributed by atoms with Crippen LogP contribution < -0.4 is 10.1 Å². The number of carbonyl (C=O) groups excluding carboxylic acids is 1. The highest BCUT2D eigenvalue weighted by Crippen LogP contribution is 2.18. The normalized spacial score (nSPS) is 11.0. The number of carbonyl (C=O) groups is 1. The van der Waals surface area contributed by atoms with Crippen LogP contribution in [0.25, 0.3) is 0 Å². The summed E-state index contributed by atoms with van der Waals surface area (Å²) in [5.41, 5.74) is 0.607. The molecule has 0 saturated carbocycles. The Kier molecular flexibility index (Phi) is 5.84. The van der Waals surface area contributed by atoms with Gasteiger partial charge in [0.1, 0.15) is 18.0 Å². The minimum atomic E-state index is -2.67. The Labute approximate surface area is 162 Å². The fourth-order valence-electron chi connectivity index (χ4n) is 2.31. The number of nitrogens with zero attached hydrogens (tertiary/aromatic N) is 4. The smallest absolute Gasteiger partial charge is 0.282 e. The standard InChI is InChI=1S/C17H16BrF2N5O2/c1-11-6-15(17(19)20)23-25(11)9-16(26)22-13-7-21-24(8-13)10-27-14-4-2-12(18)3-5-14/h2-8,17H,9-10H2,1H3,(H,22,26). The molecule has 10 heteroatoms. The molecule has 1 N–H and O–H groups in total. The number of hydrogen-bond donors (Lipinski definition) is 1. The number of benzene rings is 1. The average Bonchev–Trinajstić information content (AvgIpc) is 3.21. The molecule has 0 fully saturated rings. The van der Waals surface area contributed by atoms with Gasteiger partial charge in [-0.3, -0.25) is 9.48 Å². The summed E-state index contributed by atoms with van der Waals surface area (Å²) in [7, 11) is 0. The van der Waals surface area contributed by atoms with Gasteiger partial charge in [0.15, 0.2) is 6.73 Å². The first-order valence-electron chi connectivity index (χ1n) is 7.94. The van der Waals surface area contributed by atoms with Gasteiger partial charge in [-0.2, -0.15) is 10.2 Å². The zero-order chi connectivity index (χ0) is 19.4. The molecule has 0 aliphatic rings. The lowest BCUT2D eigenvalue weighted by Crippen LogP contribution is -2.20. The number of anilines is 1. The highest BCUT2D eigenvalue weighted by Gasteiger charge is 2.15. The molecule has 0 aliphatic heterocycles. The van der Waals surface area contributed by atoms with E-state index in [9.17, 15) is 13.6 Å². The Morgan fingerprint density at radius 2 is 2.07 bits per heavy atom. The molecule has 0 spiro atoms. The summed E-state index contributed by atoms with van der Waals surface area (Å²) >= 11 is 3.35. The third kappa shape index (κ3) is 5.13. The van der Waals surface area contributed by atoms with Crippen LogP contribution in [0.1, 0.15) is 17.8 Å². The molecule has 0 radical (unpaired) electrons. The van der Waals surface area contributed by atoms with Crippen molar-refractivity contribution in [3.8, 4) is 5.75 Å². The third-order valence-electron chi connectivity index (χ3n) is 3.61. The molecular weight excluding hydrogens is 424 g/mol. The Morgan fingerprint density at radius 1 is 1.33 bits per heavy atom. The van der Waals surface area contributed by atoms with Crippen LogP contribution in [0.5, 0.6) is 5.75 Å². The Hall–Kier alpha value is -2.75. The van der Waals surface area contributed by atoms with Gasteiger partial charge in [0.25, 0.3) is 6.43 Å². The first-order chi connectivity index (χ1) is 12.9. The van der Waals surface area contributed by atoms with E-state index in [1.165, 1.54) is 21.6 Å². The second-order valence-electron chi connectivity index (χ2n) is 5.71. The van der Waals surface area contributed by atoms with Crippen LogP contribution in [0.15, 0.2) is 47.2 Å². The van der Waals surface area contributed by atoms with Gasteiger partial charge in [-0.15, -0.1) is 0 Å². The minimum Gasteiger partial charge on any atom is -0.471 e. The van der Waals surface area contributed by atoms with E-state index >= 15 is 0 Å². The predicted molar refractivity (Wildman–Crippen MR) is 97.5 cm³/mol. The average molecular weight is 440 g/mol. The fourth-order valence-corrected chi connectivity index (χ4v) is 2.57. The van der Waals surface area contributed by atoms with Gasteiger partial charge in [0.2, 0.25) is 5.91 Å². The van der Waals surface area contributed by atoms with Crippen molar-refractivity contribution < 1.29 is 18.3 Å². The number of rotatable bonds is 7. The second-order valence-corrected chi connectivity index (χ2v) is 6.63. The summed E-state index contributed by atoms with van der Waals surface area (Å²) in [5.74, 6) is 0.290. The van der Waals surface area contributed by atoms with Crippen molar-refractivity contribution in [2.75, 3.05) is 5.32 Å². The zero-order valence-electron chi connectivity index (χ0n) is 14.3. The van der Waals surface area contributed by atoms with E-state index in [2.05, 4.69) is 31.4 Å². The Morgan fingerprint density at radius 3 is 2.74 bits per heavy atom. The van der Waals surface area contributed by atoms with E-state index in [4.69, 9.17) is 4.74 Å². The SMILES string of the molecule is Cc1cc(C(F)F)nn1CC(=O)Nc1cnn(COc2ccc(Br)cc2)c1. The predicted octanol–water partition coefficient (Wildman–Crippen LogP) is 3.76. The number of aromatic nitrogens is 4. The number of hydrogen-bond acceptors (Lipinski definition) is 4. The van der Waals surface area contributed by atoms with E-state index in [0.717, 1.165) is 4.47 Å². The minimum absolute atomic E-state index is 0.168. The summed E-state index contributed by atoms with van der Waals surface area (Å²) in [6.45, 7) is 1.62. The topological polar surface area (TPSA) is 74.0 Å². The zero-order valence-corrected chi connectivity index (χ0v) is 15.9. The lowest BCUT2D eigenvalue weighted by atomic mass is 10.3. The second kappa shape index (κ2) is 8.30. The molecule has 0 saturated heterocycles. The molecule has 3 rings (SSSR count). The number of ether oxygens (including phenoxy) is 1. The molecule has 7 nitrogen and oxygen atoms in total. The van der Waals surface area contributed by atoms with Crippen molar-refractivity contribution in [2.24, 2.45) is 0 Å². The van der Waals surface area contributed by atoms with E-state index < -0.39 is 12.3 Å². The van der Waals surface area contributed by atoms with Gasteiger partial charge >= 0.3 is 0 Å². The maximum absolute atomic E-state index is 12.7. The van der Waals surface area contributed by atoms with Crippen LogP contribution in [-0.4, -0.2) is 25.5 Å². The molecule has 3 aromatic rings. The first-order valence-corrected chi connectivity index (χ1v) is 8.73. The Bertz CT molecular complexity index is 924. The van der Waals surface area contributed by atoms with E-state index in [0.29, 0.717) is 17.1 Å². The van der Waals surface area contributed by atoms with Gasteiger partial charge in [-0.1, -0.05) is 15.9 Å². The molecule has 0 bridgehead atoms. The maximum Gasteiger partial charge on any atom is 0.282 e. The molecule has 0 aliphatic carbocycles. The third-order valence-corrected chi connectivity index (χ3v) is 4.14. The van der Waals surface area contributed by atoms with Crippen LogP contribution in [-0.2, 0) is 18.1 Å². The fraction of sp³-hybridized carbons (Fsp3) is 0.235. The number of nitrogens with one attached hydrogen (secondary N) is 1. The molecular formula is C17H16BrF2N5O2. The van der Waals surface area contributed by atoms with Crippen molar-refractivity contribution in [1.82, 2.24) is 19.6 Å². The van der Waals surface area contributed by atoms with Crippen LogP contribution in [0.4, 0.5) is 14.5 Å². The summed E-state index contributed by atoms with van der Waals surface area (Å²) in [4.78, 5) is 12.1. The van der Waals surface area contributed by atoms with Gasteiger partial charge in [0.05, 0.1) is 18.1 Å². The molecule has 2 aromatic heterocycles. The van der Waals surface area contributed by atoms with Crippen LogP contribution >= 0.6 is 15.9 Å². The molecule has 1 aromatic carbocycles. The Balaban J connectivity index is 1.54. The largest absolute Gasteiger partial charge is 0.471 e. The number of halogens is 3. The van der Waals surface area contributed by atoms with Gasteiger partial charge in [0, 0.05) is 10.2 Å². The highest BCUT2D eigenvalue weighted by molar-refractivity contribution is 9.10. The lowest BCUT2D eigenvalue weighted by molar-refractivity contribution is -0.117. The number of amides is 1. The summed E-state index contributed by atoms with van der Waals surface area (Å²) in [5, 5.41) is 10.5. The van der Waals surface area contributed by atoms with Crippen LogP contribution in [0.3, 0.4) is 0 Å². The van der Waals surface area contributed by atoms with Crippen molar-refractivity contribution >= 4 is 27.5 Å². The van der Waals surface area contributed by atoms with Crippen LogP contribution in [0, 0.1) is 6.92 Å². The highest BCUT2D eigenvalue weighted by atomic mass is 79.9. The molecule has 2 heterocycles. The van der Waals surface area contributed by atoms with Crippen LogP contribution in [0.2, 0.25) is 0 Å². The summed E-state index contributed by atoms with van der Waals surface area (Å²) < 4.78 is 34.6. The van der Waals surface area contributed by atoms with Gasteiger partial charge < -0.3 is 10.1 Å². The molecule has 0 unspecified atom stereocenters. The summed E-state index contributed by atoms with van der Waals surface area (Å²) in [6.07, 6.45) is 0.415. The molecule has 1 amide bonds. The van der Waals surface area contributed by atoms with E-state index in [-0.39, 0.29) is 19.0 Å². The van der Waals surface area contributed by atoms with Crippen molar-refractivity contribution in [1.29, 1.82) is 0 Å². The number of alkyl halides is 2. The van der Waals surface area contributed by atoms with Gasteiger partial charge in [-0.05, 0) is 37.3 Å². The van der Waals surface area contributed by atoms with Crippen molar-refractivity contribution in [3.05, 3.63) is 58.6 Å². The van der Waals surface area contributed by atoms with E-state index in [1.54, 1.807) is 13.1 Å². The summed E-state index contributed by atoms with van der Waals surface area (Å²) in [6, 6.07) is 8.61. The quantitative estimate of drug-likeness (QED) is 0.607. The van der Waals surface area contributed by atoms with Gasteiger partial charge in [-0.25, -0.2) is 13.5 Å². The van der Waals surface area contributed by atoms with Crippen molar-refractivity contribution in [3.63, 3.8) is 0 Å². The molecule has 0 atom stereocenters. The van der Waals surface area contributed by atoms with Crippen molar-refractivity contribution in [2.45, 2.75) is 26.6 Å². The maximum atomic E-state index is 12.7. The monoisotopic (exact) mass is 439 g/mol. The van der Waals surface area contributed by atoms with E-state index in [1.807, 2.05) is 24.3 Å².